The molecule has 2 heterocycles. The van der Waals surface area contributed by atoms with Crippen LogP contribution < -0.4 is 10.9 Å². The lowest BCUT2D eigenvalue weighted by Gasteiger charge is -2.12. The van der Waals surface area contributed by atoms with Crippen molar-refractivity contribution >= 4 is 22.6 Å². The van der Waals surface area contributed by atoms with E-state index in [1.807, 2.05) is 0 Å². The second kappa shape index (κ2) is 9.92. The van der Waals surface area contributed by atoms with E-state index >= 15 is 4.39 Å². The molecular formula is C25H20FN5O3. The summed E-state index contributed by atoms with van der Waals surface area (Å²) in [6.07, 6.45) is 0. The van der Waals surface area contributed by atoms with Gasteiger partial charge in [-0.25, -0.2) is 9.67 Å². The van der Waals surface area contributed by atoms with E-state index in [4.69, 9.17) is 10.00 Å². The summed E-state index contributed by atoms with van der Waals surface area (Å²) in [6, 6.07) is 18.7. The molecule has 0 unspecified atom stereocenters. The summed E-state index contributed by atoms with van der Waals surface area (Å²) in [7, 11) is 0. The van der Waals surface area contributed by atoms with Crippen LogP contribution in [0.15, 0.2) is 65.5 Å². The number of halogens is 1. The van der Waals surface area contributed by atoms with Crippen molar-refractivity contribution in [3.63, 3.8) is 0 Å². The van der Waals surface area contributed by atoms with Gasteiger partial charge in [0, 0.05) is 5.39 Å². The topological polar surface area (TPSA) is 110 Å². The van der Waals surface area contributed by atoms with Gasteiger partial charge in [0.2, 0.25) is 5.95 Å². The SMILES string of the molecule is CCOC(=O)CNc1ccc(-c2nn(Cc3ccc(C#N)cc3)c(=O)c3ccccc23)c(F)n1. The van der Waals surface area contributed by atoms with Crippen LogP contribution >= 0.6 is 0 Å². The smallest absolute Gasteiger partial charge is 0.325 e. The molecule has 4 aromatic rings. The van der Waals surface area contributed by atoms with Crippen LogP contribution in [0.3, 0.4) is 0 Å². The number of hydrogen-bond acceptors (Lipinski definition) is 7. The van der Waals surface area contributed by atoms with E-state index in [1.54, 1.807) is 55.5 Å². The minimum absolute atomic E-state index is 0.117. The molecule has 0 aliphatic carbocycles. The number of anilines is 1. The van der Waals surface area contributed by atoms with Gasteiger partial charge in [-0.2, -0.15) is 14.8 Å². The van der Waals surface area contributed by atoms with Crippen molar-refractivity contribution in [2.45, 2.75) is 13.5 Å². The zero-order chi connectivity index (χ0) is 24.1. The fourth-order valence-corrected chi connectivity index (χ4v) is 3.48. The highest BCUT2D eigenvalue weighted by Crippen LogP contribution is 2.27. The summed E-state index contributed by atoms with van der Waals surface area (Å²) in [4.78, 5) is 28.5. The van der Waals surface area contributed by atoms with Crippen molar-refractivity contribution in [3.05, 3.63) is 88.1 Å². The van der Waals surface area contributed by atoms with Crippen molar-refractivity contribution in [1.82, 2.24) is 14.8 Å². The largest absolute Gasteiger partial charge is 0.465 e. The Morgan fingerprint density at radius 2 is 1.85 bits per heavy atom. The second-order valence-electron chi connectivity index (χ2n) is 7.36. The number of fused-ring (bicyclic) bond motifs is 1. The fourth-order valence-electron chi connectivity index (χ4n) is 3.48. The Morgan fingerprint density at radius 1 is 1.12 bits per heavy atom. The Balaban J connectivity index is 1.73. The lowest BCUT2D eigenvalue weighted by atomic mass is 10.1. The first-order valence-electron chi connectivity index (χ1n) is 10.6. The molecule has 8 nitrogen and oxygen atoms in total. The Hall–Kier alpha value is -4.58. The summed E-state index contributed by atoms with van der Waals surface area (Å²) in [5.74, 6) is -1.10. The van der Waals surface area contributed by atoms with Gasteiger partial charge in [0.1, 0.15) is 18.1 Å². The molecule has 0 amide bonds. The highest BCUT2D eigenvalue weighted by Gasteiger charge is 2.17. The number of carbonyl (C=O) groups is 1. The lowest BCUT2D eigenvalue weighted by Crippen LogP contribution is -2.24. The number of hydrogen-bond donors (Lipinski definition) is 1. The molecule has 0 fully saturated rings. The standard InChI is InChI=1S/C25H20FN5O3/c1-2-34-22(32)14-28-21-12-11-20(24(26)29-21)23-18-5-3-4-6-19(18)25(33)31(30-23)15-17-9-7-16(13-27)8-10-17/h3-12H,2,14-15H2,1H3,(H,28,29). The molecule has 9 heteroatoms. The minimum atomic E-state index is -0.796. The van der Waals surface area contributed by atoms with Gasteiger partial charge in [0.05, 0.1) is 35.7 Å². The fraction of sp³-hybridized carbons (Fsp3) is 0.160. The number of pyridine rings is 1. The Labute approximate surface area is 194 Å². The molecule has 0 aliphatic heterocycles. The van der Waals surface area contributed by atoms with Crippen molar-refractivity contribution in [2.24, 2.45) is 0 Å². The van der Waals surface area contributed by atoms with Gasteiger partial charge in [-0.1, -0.05) is 30.3 Å². The first-order chi connectivity index (χ1) is 16.5. The van der Waals surface area contributed by atoms with E-state index in [9.17, 15) is 9.59 Å². The van der Waals surface area contributed by atoms with E-state index in [-0.39, 0.29) is 42.3 Å². The van der Waals surface area contributed by atoms with E-state index < -0.39 is 11.9 Å². The average molecular weight is 457 g/mol. The van der Waals surface area contributed by atoms with Gasteiger partial charge in [-0.3, -0.25) is 9.59 Å². The zero-order valence-electron chi connectivity index (χ0n) is 18.3. The Bertz CT molecular complexity index is 1460. The number of ether oxygens (including phenoxy) is 1. The maximum Gasteiger partial charge on any atom is 0.325 e. The third-order valence-corrected chi connectivity index (χ3v) is 5.11. The molecule has 0 saturated carbocycles. The molecule has 0 atom stereocenters. The number of nitrogens with zero attached hydrogens (tertiary/aromatic N) is 4. The quantitative estimate of drug-likeness (QED) is 0.334. The Morgan fingerprint density at radius 3 is 2.53 bits per heavy atom. The van der Waals surface area contributed by atoms with Gasteiger partial charge in [-0.05, 0) is 42.8 Å². The molecular weight excluding hydrogens is 437 g/mol. The summed E-state index contributed by atoms with van der Waals surface area (Å²) in [5, 5.41) is 17.1. The lowest BCUT2D eigenvalue weighted by molar-refractivity contribution is -0.140. The average Bonchev–Trinajstić information content (AvgIpc) is 2.85. The van der Waals surface area contributed by atoms with E-state index in [0.29, 0.717) is 16.3 Å². The van der Waals surface area contributed by atoms with E-state index in [2.05, 4.69) is 21.5 Å². The van der Waals surface area contributed by atoms with Crippen molar-refractivity contribution in [3.8, 4) is 17.3 Å². The van der Waals surface area contributed by atoms with Crippen LogP contribution in [-0.4, -0.2) is 33.9 Å². The third kappa shape index (κ3) is 4.76. The summed E-state index contributed by atoms with van der Waals surface area (Å²) < 4.78 is 21.2. The van der Waals surface area contributed by atoms with Gasteiger partial charge < -0.3 is 10.1 Å². The zero-order valence-corrected chi connectivity index (χ0v) is 18.3. The minimum Gasteiger partial charge on any atom is -0.465 e. The van der Waals surface area contributed by atoms with Gasteiger partial charge in [0.15, 0.2) is 0 Å². The second-order valence-corrected chi connectivity index (χ2v) is 7.36. The van der Waals surface area contributed by atoms with Crippen molar-refractivity contribution in [2.75, 3.05) is 18.5 Å². The van der Waals surface area contributed by atoms with Gasteiger partial charge in [0.25, 0.3) is 5.56 Å². The highest BCUT2D eigenvalue weighted by atomic mass is 19.1. The number of nitriles is 1. The molecule has 0 radical (unpaired) electrons. The summed E-state index contributed by atoms with van der Waals surface area (Å²) in [5.41, 5.74) is 1.35. The van der Waals surface area contributed by atoms with Crippen LogP contribution in [0.5, 0.6) is 0 Å². The highest BCUT2D eigenvalue weighted by molar-refractivity contribution is 5.93. The normalized spacial score (nSPS) is 10.6. The van der Waals surface area contributed by atoms with E-state index in [1.165, 1.54) is 16.8 Å². The molecule has 34 heavy (non-hydrogen) atoms. The van der Waals surface area contributed by atoms with Gasteiger partial charge >= 0.3 is 5.97 Å². The molecule has 0 saturated heterocycles. The van der Waals surface area contributed by atoms with Crippen LogP contribution in [0.4, 0.5) is 10.2 Å². The molecule has 170 valence electrons. The van der Waals surface area contributed by atoms with Crippen molar-refractivity contribution in [1.29, 1.82) is 5.26 Å². The summed E-state index contributed by atoms with van der Waals surface area (Å²) >= 11 is 0. The van der Waals surface area contributed by atoms with Crippen LogP contribution in [0.2, 0.25) is 0 Å². The van der Waals surface area contributed by atoms with Crippen LogP contribution in [0.25, 0.3) is 22.0 Å². The molecule has 4 rings (SSSR count). The molecule has 1 N–H and O–H groups in total. The van der Waals surface area contributed by atoms with Gasteiger partial charge in [-0.15, -0.1) is 0 Å². The third-order valence-electron chi connectivity index (χ3n) is 5.11. The summed E-state index contributed by atoms with van der Waals surface area (Å²) in [6.45, 7) is 1.95. The maximum atomic E-state index is 15.1. The first-order valence-corrected chi connectivity index (χ1v) is 10.6. The van der Waals surface area contributed by atoms with E-state index in [0.717, 1.165) is 5.56 Å². The molecule has 2 aromatic carbocycles. The predicted molar refractivity (Wildman–Crippen MR) is 125 cm³/mol. The number of esters is 1. The van der Waals surface area contributed by atoms with Crippen LogP contribution in [0, 0.1) is 17.3 Å². The number of rotatable bonds is 7. The molecule has 0 bridgehead atoms. The molecule has 0 spiro atoms. The first kappa shape index (κ1) is 22.6. The van der Waals surface area contributed by atoms with Crippen molar-refractivity contribution < 1.29 is 13.9 Å². The number of nitrogens with one attached hydrogen (secondary N) is 1. The predicted octanol–water partition coefficient (Wildman–Crippen LogP) is 3.49. The number of benzene rings is 2. The van der Waals surface area contributed by atoms with Crippen LogP contribution in [-0.2, 0) is 16.1 Å². The number of aromatic nitrogens is 3. The molecule has 2 aromatic heterocycles. The monoisotopic (exact) mass is 457 g/mol. The number of carbonyl (C=O) groups excluding carboxylic acids is 1. The van der Waals surface area contributed by atoms with Crippen LogP contribution in [0.1, 0.15) is 18.1 Å². The maximum absolute atomic E-state index is 15.1. The Kier molecular flexibility index (Phi) is 6.59. The molecule has 0 aliphatic rings.